The summed E-state index contributed by atoms with van der Waals surface area (Å²) in [5.74, 6) is 0.588. The van der Waals surface area contributed by atoms with Gasteiger partial charge in [-0.25, -0.2) is 4.79 Å². The lowest BCUT2D eigenvalue weighted by Crippen LogP contribution is -2.28. The second-order valence-corrected chi connectivity index (χ2v) is 3.95. The van der Waals surface area contributed by atoms with E-state index in [0.29, 0.717) is 12.3 Å². The van der Waals surface area contributed by atoms with Crippen LogP contribution in [0.3, 0.4) is 0 Å². The first-order valence-corrected chi connectivity index (χ1v) is 5.45. The Labute approximate surface area is 101 Å². The van der Waals surface area contributed by atoms with Crippen LogP contribution >= 0.6 is 0 Å². The highest BCUT2D eigenvalue weighted by Crippen LogP contribution is 2.24. The summed E-state index contributed by atoms with van der Waals surface area (Å²) in [6.45, 7) is 6.10. The quantitative estimate of drug-likeness (QED) is 0.815. The summed E-state index contributed by atoms with van der Waals surface area (Å²) in [5, 5.41) is 10.9. The van der Waals surface area contributed by atoms with Crippen LogP contribution < -0.4 is 10.1 Å². The second kappa shape index (κ2) is 5.90. The molecular weight excluding hydrogens is 216 g/mol. The molecule has 90 valence electrons. The van der Waals surface area contributed by atoms with E-state index < -0.39 is 6.09 Å². The SMILES string of the molecule is Cc1cc(C)c(OC(=O)NCCC#N)c(C)c1. The minimum atomic E-state index is -0.518. The molecule has 0 atom stereocenters. The molecule has 0 aromatic heterocycles. The van der Waals surface area contributed by atoms with E-state index in [1.165, 1.54) is 0 Å². The van der Waals surface area contributed by atoms with E-state index in [-0.39, 0.29) is 6.42 Å². The number of nitrogens with one attached hydrogen (secondary N) is 1. The molecule has 0 heterocycles. The highest BCUT2D eigenvalue weighted by Gasteiger charge is 2.09. The van der Waals surface area contributed by atoms with E-state index in [1.54, 1.807) is 0 Å². The van der Waals surface area contributed by atoms with Crippen molar-refractivity contribution >= 4 is 6.09 Å². The highest BCUT2D eigenvalue weighted by molar-refractivity contribution is 5.71. The first-order valence-electron chi connectivity index (χ1n) is 5.45. The van der Waals surface area contributed by atoms with Gasteiger partial charge >= 0.3 is 6.09 Å². The van der Waals surface area contributed by atoms with Crippen LogP contribution in [0.2, 0.25) is 0 Å². The number of hydrogen-bond donors (Lipinski definition) is 1. The molecular formula is C13H16N2O2. The highest BCUT2D eigenvalue weighted by atomic mass is 16.6. The van der Waals surface area contributed by atoms with Gasteiger partial charge in [-0.1, -0.05) is 17.7 Å². The number of hydrogen-bond acceptors (Lipinski definition) is 3. The molecule has 4 heteroatoms. The largest absolute Gasteiger partial charge is 0.412 e. The molecule has 0 aliphatic carbocycles. The van der Waals surface area contributed by atoms with Crippen molar-refractivity contribution in [1.82, 2.24) is 5.32 Å². The average molecular weight is 232 g/mol. The third kappa shape index (κ3) is 3.80. The molecule has 0 aliphatic heterocycles. The molecule has 0 saturated heterocycles. The summed E-state index contributed by atoms with van der Waals surface area (Å²) >= 11 is 0. The predicted molar refractivity (Wildman–Crippen MR) is 64.9 cm³/mol. The topological polar surface area (TPSA) is 62.1 Å². The van der Waals surface area contributed by atoms with Crippen molar-refractivity contribution in [2.75, 3.05) is 6.54 Å². The van der Waals surface area contributed by atoms with Crippen molar-refractivity contribution in [3.63, 3.8) is 0 Å². The molecule has 1 aromatic rings. The fraction of sp³-hybridized carbons (Fsp3) is 0.385. The number of ether oxygens (including phenoxy) is 1. The Hall–Kier alpha value is -2.02. The first-order chi connectivity index (χ1) is 8.04. The number of rotatable bonds is 3. The number of carbonyl (C=O) groups excluding carboxylic acids is 1. The lowest BCUT2D eigenvalue weighted by molar-refractivity contribution is 0.200. The van der Waals surface area contributed by atoms with Gasteiger partial charge in [-0.2, -0.15) is 5.26 Å². The van der Waals surface area contributed by atoms with Gasteiger partial charge in [-0.15, -0.1) is 0 Å². The summed E-state index contributed by atoms with van der Waals surface area (Å²) in [6.07, 6.45) is -0.240. The monoisotopic (exact) mass is 232 g/mol. The smallest absolute Gasteiger partial charge is 0.410 e. The van der Waals surface area contributed by atoms with Gasteiger partial charge < -0.3 is 10.1 Å². The van der Waals surface area contributed by atoms with Crippen LogP contribution in [0, 0.1) is 32.1 Å². The van der Waals surface area contributed by atoms with Crippen LogP contribution in [-0.4, -0.2) is 12.6 Å². The molecule has 0 spiro atoms. The van der Waals surface area contributed by atoms with Crippen molar-refractivity contribution < 1.29 is 9.53 Å². The molecule has 0 saturated carbocycles. The third-order valence-electron chi connectivity index (χ3n) is 2.31. The van der Waals surface area contributed by atoms with E-state index in [1.807, 2.05) is 39.0 Å². The molecule has 0 unspecified atom stereocenters. The van der Waals surface area contributed by atoms with E-state index in [9.17, 15) is 4.79 Å². The summed E-state index contributed by atoms with van der Waals surface area (Å²) in [4.78, 5) is 11.4. The Morgan fingerprint density at radius 2 is 1.94 bits per heavy atom. The summed E-state index contributed by atoms with van der Waals surface area (Å²) < 4.78 is 5.22. The molecule has 1 N–H and O–H groups in total. The zero-order chi connectivity index (χ0) is 12.8. The lowest BCUT2D eigenvalue weighted by atomic mass is 10.1. The Bertz CT molecular complexity index is 438. The molecule has 1 rings (SSSR count). The van der Waals surface area contributed by atoms with Gasteiger partial charge in [0.15, 0.2) is 0 Å². The molecule has 1 amide bonds. The minimum Gasteiger partial charge on any atom is -0.410 e. The van der Waals surface area contributed by atoms with Gasteiger partial charge in [-0.05, 0) is 31.9 Å². The van der Waals surface area contributed by atoms with E-state index in [2.05, 4.69) is 5.32 Å². The van der Waals surface area contributed by atoms with E-state index in [0.717, 1.165) is 16.7 Å². The fourth-order valence-corrected chi connectivity index (χ4v) is 1.68. The van der Waals surface area contributed by atoms with Crippen LogP contribution in [0.5, 0.6) is 5.75 Å². The molecule has 4 nitrogen and oxygen atoms in total. The van der Waals surface area contributed by atoms with Crippen molar-refractivity contribution in [3.05, 3.63) is 28.8 Å². The Morgan fingerprint density at radius 3 is 2.47 bits per heavy atom. The normalized spacial score (nSPS) is 9.53. The number of aryl methyl sites for hydroxylation is 3. The number of carbonyl (C=O) groups is 1. The number of amides is 1. The lowest BCUT2D eigenvalue weighted by Gasteiger charge is -2.11. The van der Waals surface area contributed by atoms with Gasteiger partial charge in [0.1, 0.15) is 5.75 Å². The zero-order valence-corrected chi connectivity index (χ0v) is 10.3. The maximum Gasteiger partial charge on any atom is 0.412 e. The molecule has 0 bridgehead atoms. The predicted octanol–water partition coefficient (Wildman–Crippen LogP) is 2.61. The van der Waals surface area contributed by atoms with Crippen LogP contribution in [0.1, 0.15) is 23.1 Å². The third-order valence-corrected chi connectivity index (χ3v) is 2.31. The van der Waals surface area contributed by atoms with Gasteiger partial charge in [-0.3, -0.25) is 0 Å². The van der Waals surface area contributed by atoms with E-state index in [4.69, 9.17) is 10.00 Å². The number of nitriles is 1. The summed E-state index contributed by atoms with van der Waals surface area (Å²) in [6, 6.07) is 5.87. The zero-order valence-electron chi connectivity index (χ0n) is 10.3. The Kier molecular flexibility index (Phi) is 4.53. The van der Waals surface area contributed by atoms with Crippen molar-refractivity contribution in [2.24, 2.45) is 0 Å². The van der Waals surface area contributed by atoms with Crippen molar-refractivity contribution in [3.8, 4) is 11.8 Å². The van der Waals surface area contributed by atoms with Crippen molar-refractivity contribution in [2.45, 2.75) is 27.2 Å². The Morgan fingerprint density at radius 1 is 1.35 bits per heavy atom. The van der Waals surface area contributed by atoms with Gasteiger partial charge in [0.05, 0.1) is 12.5 Å². The second-order valence-electron chi connectivity index (χ2n) is 3.95. The van der Waals surface area contributed by atoms with E-state index >= 15 is 0 Å². The van der Waals surface area contributed by atoms with Gasteiger partial charge in [0.2, 0.25) is 0 Å². The molecule has 0 aliphatic rings. The summed E-state index contributed by atoms with van der Waals surface area (Å²) in [5.41, 5.74) is 2.99. The molecule has 1 aromatic carbocycles. The van der Waals surface area contributed by atoms with Crippen molar-refractivity contribution in [1.29, 1.82) is 5.26 Å². The fourth-order valence-electron chi connectivity index (χ4n) is 1.68. The van der Waals surface area contributed by atoms with Crippen LogP contribution in [0.4, 0.5) is 4.79 Å². The summed E-state index contributed by atoms with van der Waals surface area (Å²) in [7, 11) is 0. The standard InChI is InChI=1S/C13H16N2O2/c1-9-7-10(2)12(11(3)8-9)17-13(16)15-6-4-5-14/h7-8H,4,6H2,1-3H3,(H,15,16). The van der Waals surface area contributed by atoms with Crippen LogP contribution in [-0.2, 0) is 0 Å². The molecule has 0 radical (unpaired) electrons. The van der Waals surface area contributed by atoms with Crippen LogP contribution in [0.15, 0.2) is 12.1 Å². The average Bonchev–Trinajstić information content (AvgIpc) is 2.24. The maximum absolute atomic E-state index is 11.4. The molecule has 0 fully saturated rings. The Balaban J connectivity index is 2.69. The molecule has 17 heavy (non-hydrogen) atoms. The van der Waals surface area contributed by atoms with Crippen LogP contribution in [0.25, 0.3) is 0 Å². The maximum atomic E-state index is 11.4. The van der Waals surface area contributed by atoms with Gasteiger partial charge in [0, 0.05) is 6.54 Å². The first kappa shape index (κ1) is 13.0. The minimum absolute atomic E-state index is 0.279. The number of nitrogens with zero attached hydrogens (tertiary/aromatic N) is 1. The number of benzene rings is 1. The van der Waals surface area contributed by atoms with Gasteiger partial charge in [0.25, 0.3) is 0 Å².